The van der Waals surface area contributed by atoms with E-state index in [4.69, 9.17) is 16.3 Å². The van der Waals surface area contributed by atoms with Crippen molar-refractivity contribution in [2.45, 2.75) is 38.7 Å². The van der Waals surface area contributed by atoms with Gasteiger partial charge >= 0.3 is 0 Å². The highest BCUT2D eigenvalue weighted by Gasteiger charge is 2.23. The van der Waals surface area contributed by atoms with E-state index < -0.39 is 11.9 Å². The molecule has 1 aromatic carbocycles. The molecule has 4 heterocycles. The highest BCUT2D eigenvalue weighted by molar-refractivity contribution is 7.19. The van der Waals surface area contributed by atoms with Crippen molar-refractivity contribution >= 4 is 33.2 Å². The Labute approximate surface area is 205 Å². The van der Waals surface area contributed by atoms with Gasteiger partial charge < -0.3 is 9.84 Å². The fourth-order valence-electron chi connectivity index (χ4n) is 4.39. The van der Waals surface area contributed by atoms with E-state index in [1.54, 1.807) is 30.5 Å². The number of hydrogen-bond donors (Lipinski definition) is 1. The van der Waals surface area contributed by atoms with Crippen LogP contribution in [0, 0.1) is 18.7 Å². The Hall–Kier alpha value is -2.52. The molecule has 1 saturated heterocycles. The van der Waals surface area contributed by atoms with Crippen molar-refractivity contribution < 1.29 is 14.2 Å². The normalized spacial score (nSPS) is 15.6. The zero-order valence-electron chi connectivity index (χ0n) is 18.7. The second-order valence-electron chi connectivity index (χ2n) is 8.53. The van der Waals surface area contributed by atoms with Crippen molar-refractivity contribution in [3.63, 3.8) is 0 Å². The van der Waals surface area contributed by atoms with E-state index in [1.165, 1.54) is 23.5 Å². The first-order valence-corrected chi connectivity index (χ1v) is 12.5. The van der Waals surface area contributed by atoms with Gasteiger partial charge in [0.25, 0.3) is 0 Å². The van der Waals surface area contributed by atoms with Gasteiger partial charge in [0.15, 0.2) is 0 Å². The lowest BCUT2D eigenvalue weighted by Crippen LogP contribution is -2.15. The van der Waals surface area contributed by atoms with Crippen LogP contribution in [0.25, 0.3) is 21.5 Å². The number of rotatable bonds is 6. The molecule has 0 saturated carbocycles. The van der Waals surface area contributed by atoms with Crippen LogP contribution in [0.1, 0.15) is 47.2 Å². The number of hydrogen-bond acceptors (Lipinski definition) is 7. The molecule has 0 spiro atoms. The highest BCUT2D eigenvalue weighted by atomic mass is 35.5. The van der Waals surface area contributed by atoms with Gasteiger partial charge in [0, 0.05) is 46.6 Å². The van der Waals surface area contributed by atoms with E-state index in [9.17, 15) is 5.11 Å². The van der Waals surface area contributed by atoms with Gasteiger partial charge in [-0.1, -0.05) is 11.6 Å². The minimum absolute atomic E-state index is 0.118. The number of aliphatic hydroxyl groups is 1. The first-order chi connectivity index (χ1) is 16.5. The third kappa shape index (κ3) is 4.68. The number of thiophene rings is 1. The van der Waals surface area contributed by atoms with Gasteiger partial charge in [-0.3, -0.25) is 9.97 Å². The number of halogens is 2. The van der Waals surface area contributed by atoms with E-state index in [1.807, 2.05) is 0 Å². The lowest BCUT2D eigenvalue weighted by molar-refractivity contribution is 0.0641. The third-order valence-electron chi connectivity index (χ3n) is 6.32. The molecule has 0 bridgehead atoms. The van der Waals surface area contributed by atoms with Crippen LogP contribution in [0.5, 0.6) is 0 Å². The van der Waals surface area contributed by atoms with Gasteiger partial charge in [0.2, 0.25) is 0 Å². The summed E-state index contributed by atoms with van der Waals surface area (Å²) in [6.45, 7) is 3.43. The Morgan fingerprint density at radius 1 is 1.15 bits per heavy atom. The summed E-state index contributed by atoms with van der Waals surface area (Å²) in [6, 6.07) is 4.84. The van der Waals surface area contributed by atoms with E-state index in [-0.39, 0.29) is 10.6 Å². The number of ether oxygens (including phenoxy) is 1. The molecular formula is C25H24ClFN4O2S. The second-order valence-corrected chi connectivity index (χ2v) is 10.1. The molecule has 1 unspecified atom stereocenters. The first kappa shape index (κ1) is 23.2. The van der Waals surface area contributed by atoms with E-state index >= 15 is 4.39 Å². The largest absolute Gasteiger partial charge is 0.382 e. The van der Waals surface area contributed by atoms with Crippen LogP contribution in [0.3, 0.4) is 0 Å². The van der Waals surface area contributed by atoms with Crippen LogP contribution in [-0.2, 0) is 11.2 Å². The third-order valence-corrected chi connectivity index (χ3v) is 7.83. The van der Waals surface area contributed by atoms with Gasteiger partial charge in [-0.05, 0) is 56.7 Å². The predicted octanol–water partition coefficient (Wildman–Crippen LogP) is 5.69. The summed E-state index contributed by atoms with van der Waals surface area (Å²) in [4.78, 5) is 18.4. The Balaban J connectivity index is 1.50. The molecule has 0 radical (unpaired) electrons. The molecule has 5 rings (SSSR count). The highest BCUT2D eigenvalue weighted by Crippen LogP contribution is 2.38. The SMILES string of the molecule is Cc1nccnc1C(O)c1cc(-c2ncnc3cc(CCC4CCOCC4)sc23)c(F)cc1Cl. The van der Waals surface area contributed by atoms with Crippen LogP contribution < -0.4 is 0 Å². The van der Waals surface area contributed by atoms with Crippen LogP contribution in [0.4, 0.5) is 4.39 Å². The molecule has 4 aromatic rings. The molecule has 34 heavy (non-hydrogen) atoms. The number of aliphatic hydroxyl groups excluding tert-OH is 1. The van der Waals surface area contributed by atoms with Gasteiger partial charge in [-0.25, -0.2) is 14.4 Å². The Morgan fingerprint density at radius 3 is 2.74 bits per heavy atom. The van der Waals surface area contributed by atoms with Crippen molar-refractivity contribution in [1.82, 2.24) is 19.9 Å². The molecule has 6 nitrogen and oxygen atoms in total. The summed E-state index contributed by atoms with van der Waals surface area (Å²) in [6.07, 6.45) is 7.61. The van der Waals surface area contributed by atoms with Crippen LogP contribution in [0.2, 0.25) is 5.02 Å². The molecule has 176 valence electrons. The van der Waals surface area contributed by atoms with E-state index in [0.29, 0.717) is 28.6 Å². The maximum atomic E-state index is 15.1. The van der Waals surface area contributed by atoms with Crippen molar-refractivity contribution in [1.29, 1.82) is 0 Å². The van der Waals surface area contributed by atoms with Gasteiger partial charge in [-0.2, -0.15) is 0 Å². The molecular weight excluding hydrogens is 475 g/mol. The summed E-state index contributed by atoms with van der Waals surface area (Å²) in [5.41, 5.74) is 2.86. The van der Waals surface area contributed by atoms with Crippen LogP contribution in [-0.4, -0.2) is 38.3 Å². The fraction of sp³-hybridized carbons (Fsp3) is 0.360. The summed E-state index contributed by atoms with van der Waals surface area (Å²) in [7, 11) is 0. The van der Waals surface area contributed by atoms with Crippen molar-refractivity contribution in [3.05, 3.63) is 69.6 Å². The fourth-order valence-corrected chi connectivity index (χ4v) is 5.77. The second kappa shape index (κ2) is 10.00. The zero-order valence-corrected chi connectivity index (χ0v) is 20.2. The molecule has 1 N–H and O–H groups in total. The van der Waals surface area contributed by atoms with Crippen molar-refractivity contribution in [3.8, 4) is 11.3 Å². The molecule has 0 aliphatic carbocycles. The number of aryl methyl sites for hydroxylation is 2. The minimum Gasteiger partial charge on any atom is -0.382 e. The van der Waals surface area contributed by atoms with Gasteiger partial charge in [-0.15, -0.1) is 11.3 Å². The Kier molecular flexibility index (Phi) is 6.83. The van der Waals surface area contributed by atoms with Crippen molar-refractivity contribution in [2.24, 2.45) is 5.92 Å². The molecule has 1 atom stereocenters. The quantitative estimate of drug-likeness (QED) is 0.368. The van der Waals surface area contributed by atoms with E-state index in [2.05, 4.69) is 26.0 Å². The first-order valence-electron chi connectivity index (χ1n) is 11.3. The average Bonchev–Trinajstić information content (AvgIpc) is 3.27. The molecule has 1 aliphatic rings. The number of fused-ring (bicyclic) bond motifs is 1. The standard InChI is InChI=1S/C25H24ClFN4O2S/c1-14-22(29-7-6-28-14)24(32)17-11-18(20(27)12-19(17)26)23-25-21(30-13-31-23)10-16(34-25)3-2-15-4-8-33-9-5-15/h6-7,10-13,15,24,32H,2-5,8-9H2,1H3. The van der Waals surface area contributed by atoms with Crippen LogP contribution in [0.15, 0.2) is 36.9 Å². The summed E-state index contributed by atoms with van der Waals surface area (Å²) in [5, 5.41) is 11.1. The van der Waals surface area contributed by atoms with E-state index in [0.717, 1.165) is 49.1 Å². The van der Waals surface area contributed by atoms with Crippen molar-refractivity contribution in [2.75, 3.05) is 13.2 Å². The topological polar surface area (TPSA) is 81.0 Å². The lowest BCUT2D eigenvalue weighted by Gasteiger charge is -2.21. The molecule has 1 fully saturated rings. The average molecular weight is 499 g/mol. The Bertz CT molecular complexity index is 1330. The summed E-state index contributed by atoms with van der Waals surface area (Å²) < 4.78 is 21.4. The zero-order chi connectivity index (χ0) is 23.7. The monoisotopic (exact) mass is 498 g/mol. The summed E-state index contributed by atoms with van der Waals surface area (Å²) in [5.74, 6) is 0.167. The molecule has 9 heteroatoms. The number of aromatic nitrogens is 4. The molecule has 0 amide bonds. The lowest BCUT2D eigenvalue weighted by atomic mass is 9.95. The van der Waals surface area contributed by atoms with Gasteiger partial charge in [0.1, 0.15) is 18.2 Å². The maximum Gasteiger partial charge on any atom is 0.134 e. The summed E-state index contributed by atoms with van der Waals surface area (Å²) >= 11 is 7.93. The maximum absolute atomic E-state index is 15.1. The van der Waals surface area contributed by atoms with Gasteiger partial charge in [0.05, 0.1) is 27.3 Å². The molecule has 3 aromatic heterocycles. The van der Waals surface area contributed by atoms with Crippen LogP contribution >= 0.6 is 22.9 Å². The minimum atomic E-state index is -1.14. The number of nitrogens with zero attached hydrogens (tertiary/aromatic N) is 4. The molecule has 1 aliphatic heterocycles. The predicted molar refractivity (Wildman–Crippen MR) is 131 cm³/mol. The Morgan fingerprint density at radius 2 is 1.94 bits per heavy atom. The smallest absolute Gasteiger partial charge is 0.134 e. The number of benzene rings is 1.